The van der Waals surface area contributed by atoms with E-state index in [4.69, 9.17) is 0 Å². The van der Waals surface area contributed by atoms with Gasteiger partial charge in [0.1, 0.15) is 5.82 Å². The van der Waals surface area contributed by atoms with Crippen LogP contribution in [0.25, 0.3) is 0 Å². The molecular weight excluding hydrogens is 301 g/mol. The van der Waals surface area contributed by atoms with Crippen LogP contribution in [0.4, 0.5) is 10.1 Å². The average Bonchev–Trinajstić information content (AvgIpc) is 2.62. The van der Waals surface area contributed by atoms with Crippen LogP contribution in [0.15, 0.2) is 78.9 Å². The van der Waals surface area contributed by atoms with Crippen molar-refractivity contribution in [1.82, 2.24) is 0 Å². The van der Waals surface area contributed by atoms with Gasteiger partial charge in [-0.25, -0.2) is 4.39 Å². The largest absolute Gasteiger partial charge is 0.321 e. The zero-order valence-electron chi connectivity index (χ0n) is 12.8. The molecule has 0 bridgehead atoms. The normalized spacial score (nSPS) is 9.71. The topological polar surface area (TPSA) is 29.1 Å². The van der Waals surface area contributed by atoms with Gasteiger partial charge in [-0.05, 0) is 48.5 Å². The highest BCUT2D eigenvalue weighted by molar-refractivity contribution is 6.04. The average molecular weight is 315 g/mol. The van der Waals surface area contributed by atoms with E-state index in [9.17, 15) is 9.18 Å². The molecule has 0 fully saturated rings. The van der Waals surface area contributed by atoms with Crippen molar-refractivity contribution >= 4 is 11.6 Å². The molecule has 0 unspecified atom stereocenters. The summed E-state index contributed by atoms with van der Waals surface area (Å²) in [6, 6.07) is 22.4. The minimum atomic E-state index is -0.374. The lowest BCUT2D eigenvalue weighted by Gasteiger charge is -2.07. The van der Waals surface area contributed by atoms with Gasteiger partial charge in [0.2, 0.25) is 0 Å². The monoisotopic (exact) mass is 315 g/mol. The zero-order valence-corrected chi connectivity index (χ0v) is 12.8. The van der Waals surface area contributed by atoms with E-state index in [2.05, 4.69) is 17.2 Å². The fraction of sp³-hybridized carbons (Fsp3) is 0. The Balaban J connectivity index is 1.83. The number of hydrogen-bond donors (Lipinski definition) is 1. The fourth-order valence-corrected chi connectivity index (χ4v) is 2.16. The molecule has 2 nitrogen and oxygen atoms in total. The van der Waals surface area contributed by atoms with Crippen LogP contribution in [0.3, 0.4) is 0 Å². The predicted octanol–water partition coefficient (Wildman–Crippen LogP) is 4.48. The third-order valence-corrected chi connectivity index (χ3v) is 3.40. The van der Waals surface area contributed by atoms with Crippen LogP contribution in [-0.2, 0) is 0 Å². The van der Waals surface area contributed by atoms with Gasteiger partial charge in [0.15, 0.2) is 0 Å². The van der Waals surface area contributed by atoms with Crippen LogP contribution < -0.4 is 5.32 Å². The Bertz CT molecular complexity index is 906. The first-order valence-corrected chi connectivity index (χ1v) is 7.45. The summed E-state index contributed by atoms with van der Waals surface area (Å²) in [7, 11) is 0. The molecule has 0 aliphatic rings. The highest BCUT2D eigenvalue weighted by atomic mass is 19.1. The Morgan fingerprint density at radius 2 is 1.46 bits per heavy atom. The minimum Gasteiger partial charge on any atom is -0.321 e. The maximum absolute atomic E-state index is 13.0. The van der Waals surface area contributed by atoms with Crippen LogP contribution in [-0.4, -0.2) is 5.91 Å². The minimum absolute atomic E-state index is 0.302. The lowest BCUT2D eigenvalue weighted by molar-refractivity contribution is 0.102. The van der Waals surface area contributed by atoms with Crippen LogP contribution in [0.2, 0.25) is 0 Å². The molecule has 3 aromatic rings. The third-order valence-electron chi connectivity index (χ3n) is 3.40. The van der Waals surface area contributed by atoms with Gasteiger partial charge in [-0.3, -0.25) is 4.79 Å². The first-order valence-electron chi connectivity index (χ1n) is 7.45. The molecule has 116 valence electrons. The number of para-hydroxylation sites is 1. The standard InChI is InChI=1S/C21H14FNO/c22-19-14-12-18(13-15-19)21(24)23-20-9-5-4-8-17(20)11-10-16-6-2-1-3-7-16/h1-9,12-15H,(H,23,24). The fourth-order valence-electron chi connectivity index (χ4n) is 2.16. The number of anilines is 1. The van der Waals surface area contributed by atoms with E-state index < -0.39 is 0 Å². The maximum atomic E-state index is 13.0. The van der Waals surface area contributed by atoms with Crippen molar-refractivity contribution in [3.63, 3.8) is 0 Å². The Morgan fingerprint density at radius 1 is 0.792 bits per heavy atom. The Kier molecular flexibility index (Phi) is 4.69. The van der Waals surface area contributed by atoms with E-state index in [1.165, 1.54) is 24.3 Å². The lowest BCUT2D eigenvalue weighted by atomic mass is 10.1. The quantitative estimate of drug-likeness (QED) is 0.694. The van der Waals surface area contributed by atoms with Gasteiger partial charge in [-0.1, -0.05) is 42.2 Å². The summed E-state index contributed by atoms with van der Waals surface area (Å²) >= 11 is 0. The summed E-state index contributed by atoms with van der Waals surface area (Å²) in [5.41, 5.74) is 2.63. The van der Waals surface area contributed by atoms with Crippen molar-refractivity contribution in [2.45, 2.75) is 0 Å². The molecular formula is C21H14FNO. The molecule has 0 heterocycles. The van der Waals surface area contributed by atoms with Crippen LogP contribution >= 0.6 is 0 Å². The summed E-state index contributed by atoms with van der Waals surface area (Å²) in [5, 5.41) is 2.82. The molecule has 0 aliphatic heterocycles. The number of hydrogen-bond acceptors (Lipinski definition) is 1. The lowest BCUT2D eigenvalue weighted by Crippen LogP contribution is -2.12. The highest BCUT2D eigenvalue weighted by Crippen LogP contribution is 2.15. The summed E-state index contributed by atoms with van der Waals surface area (Å²) in [6.45, 7) is 0. The van der Waals surface area contributed by atoms with Gasteiger partial charge >= 0.3 is 0 Å². The molecule has 0 saturated heterocycles. The van der Waals surface area contributed by atoms with Crippen LogP contribution in [0.5, 0.6) is 0 Å². The SMILES string of the molecule is O=C(Nc1ccccc1C#Cc1ccccc1)c1ccc(F)cc1. The third kappa shape index (κ3) is 3.88. The van der Waals surface area contributed by atoms with Gasteiger partial charge in [0.05, 0.1) is 5.69 Å². The molecule has 0 atom stereocenters. The Labute approximate surface area is 140 Å². The molecule has 0 saturated carbocycles. The summed E-state index contributed by atoms with van der Waals surface area (Å²) in [6.07, 6.45) is 0. The van der Waals surface area contributed by atoms with E-state index >= 15 is 0 Å². The number of rotatable bonds is 2. The second kappa shape index (κ2) is 7.26. The number of benzene rings is 3. The molecule has 1 amide bonds. The predicted molar refractivity (Wildman–Crippen MR) is 93.2 cm³/mol. The smallest absolute Gasteiger partial charge is 0.255 e. The summed E-state index contributed by atoms with van der Waals surface area (Å²) in [4.78, 5) is 12.3. The zero-order chi connectivity index (χ0) is 16.8. The Hall–Kier alpha value is -3.38. The highest BCUT2D eigenvalue weighted by Gasteiger charge is 2.08. The number of halogens is 1. The first kappa shape index (κ1) is 15.5. The molecule has 0 spiro atoms. The molecule has 24 heavy (non-hydrogen) atoms. The van der Waals surface area contributed by atoms with E-state index in [-0.39, 0.29) is 11.7 Å². The van der Waals surface area contributed by atoms with Gasteiger partial charge in [-0.15, -0.1) is 0 Å². The van der Waals surface area contributed by atoms with Crippen molar-refractivity contribution in [2.24, 2.45) is 0 Å². The van der Waals surface area contributed by atoms with E-state index in [1.54, 1.807) is 6.07 Å². The molecule has 3 rings (SSSR count). The van der Waals surface area contributed by atoms with Gasteiger partial charge in [0.25, 0.3) is 5.91 Å². The summed E-state index contributed by atoms with van der Waals surface area (Å²) < 4.78 is 13.0. The van der Waals surface area contributed by atoms with E-state index in [1.807, 2.05) is 48.5 Å². The number of amides is 1. The molecule has 1 N–H and O–H groups in total. The van der Waals surface area contributed by atoms with Crippen molar-refractivity contribution in [3.05, 3.63) is 101 Å². The number of nitrogens with one attached hydrogen (secondary N) is 1. The maximum Gasteiger partial charge on any atom is 0.255 e. The van der Waals surface area contributed by atoms with Gasteiger partial charge in [-0.2, -0.15) is 0 Å². The molecule has 0 radical (unpaired) electrons. The molecule has 0 aromatic heterocycles. The second-order valence-electron chi connectivity index (χ2n) is 5.12. The van der Waals surface area contributed by atoms with Crippen molar-refractivity contribution in [1.29, 1.82) is 0 Å². The summed E-state index contributed by atoms with van der Waals surface area (Å²) in [5.74, 6) is 5.47. The molecule has 3 aromatic carbocycles. The van der Waals surface area contributed by atoms with Crippen LogP contribution in [0.1, 0.15) is 21.5 Å². The number of carbonyl (C=O) groups excluding carboxylic acids is 1. The molecule has 0 aliphatic carbocycles. The number of carbonyl (C=O) groups is 1. The van der Waals surface area contributed by atoms with Gasteiger partial charge < -0.3 is 5.32 Å². The van der Waals surface area contributed by atoms with Crippen molar-refractivity contribution in [2.75, 3.05) is 5.32 Å². The van der Waals surface area contributed by atoms with E-state index in [0.29, 0.717) is 11.3 Å². The Morgan fingerprint density at radius 3 is 2.21 bits per heavy atom. The second-order valence-corrected chi connectivity index (χ2v) is 5.12. The van der Waals surface area contributed by atoms with E-state index in [0.717, 1.165) is 11.1 Å². The molecule has 3 heteroatoms. The van der Waals surface area contributed by atoms with Crippen molar-refractivity contribution in [3.8, 4) is 11.8 Å². The first-order chi connectivity index (χ1) is 11.7. The van der Waals surface area contributed by atoms with Gasteiger partial charge in [0, 0.05) is 16.7 Å². The van der Waals surface area contributed by atoms with Crippen LogP contribution in [0, 0.1) is 17.7 Å². The van der Waals surface area contributed by atoms with Crippen molar-refractivity contribution < 1.29 is 9.18 Å².